The molecule has 0 radical (unpaired) electrons. The van der Waals surface area contributed by atoms with Gasteiger partial charge in [-0.3, -0.25) is 9.59 Å². The predicted octanol–water partition coefficient (Wildman–Crippen LogP) is 1.22. The smallest absolute Gasteiger partial charge is 0.223 e. The van der Waals surface area contributed by atoms with Gasteiger partial charge in [0.05, 0.1) is 0 Å². The van der Waals surface area contributed by atoms with Gasteiger partial charge in [-0.25, -0.2) is 0 Å². The molecule has 1 fully saturated rings. The lowest BCUT2D eigenvalue weighted by molar-refractivity contribution is -0.137. The fourth-order valence-corrected chi connectivity index (χ4v) is 2.78. The molecule has 20 heavy (non-hydrogen) atoms. The first kappa shape index (κ1) is 17.0. The SMILES string of the molecule is CCN(CC)C(=O)CCC(=O)N1CCC(C(C)N)CC1. The van der Waals surface area contributed by atoms with E-state index < -0.39 is 0 Å². The van der Waals surface area contributed by atoms with Crippen LogP contribution in [0.5, 0.6) is 0 Å². The second kappa shape index (κ2) is 8.25. The molecule has 0 aromatic carbocycles. The number of likely N-dealkylation sites (tertiary alicyclic amines) is 1. The zero-order chi connectivity index (χ0) is 15.1. The number of nitrogens with two attached hydrogens (primary N) is 1. The maximum atomic E-state index is 12.1. The molecular weight excluding hydrogens is 254 g/mol. The normalized spacial score (nSPS) is 17.9. The number of rotatable bonds is 6. The van der Waals surface area contributed by atoms with Crippen LogP contribution in [0.25, 0.3) is 0 Å². The third kappa shape index (κ3) is 4.78. The number of piperidine rings is 1. The first-order valence-corrected chi connectivity index (χ1v) is 7.80. The molecule has 1 aliphatic rings. The second-order valence-corrected chi connectivity index (χ2v) is 5.64. The first-order valence-electron chi connectivity index (χ1n) is 7.80. The van der Waals surface area contributed by atoms with Crippen molar-refractivity contribution in [1.29, 1.82) is 0 Å². The molecule has 1 saturated heterocycles. The highest BCUT2D eigenvalue weighted by atomic mass is 16.2. The van der Waals surface area contributed by atoms with Crippen molar-refractivity contribution < 1.29 is 9.59 Å². The Hall–Kier alpha value is -1.10. The van der Waals surface area contributed by atoms with Crippen molar-refractivity contribution in [2.45, 2.75) is 52.5 Å². The van der Waals surface area contributed by atoms with Crippen molar-refractivity contribution in [1.82, 2.24) is 9.80 Å². The Labute approximate surface area is 122 Å². The van der Waals surface area contributed by atoms with Gasteiger partial charge in [0, 0.05) is 45.1 Å². The lowest BCUT2D eigenvalue weighted by Gasteiger charge is -2.33. The van der Waals surface area contributed by atoms with Crippen LogP contribution in [0.15, 0.2) is 0 Å². The predicted molar refractivity (Wildman–Crippen MR) is 80.1 cm³/mol. The number of carbonyl (C=O) groups is 2. The fourth-order valence-electron chi connectivity index (χ4n) is 2.78. The van der Waals surface area contributed by atoms with Crippen molar-refractivity contribution in [3.05, 3.63) is 0 Å². The summed E-state index contributed by atoms with van der Waals surface area (Å²) in [6.45, 7) is 8.94. The van der Waals surface area contributed by atoms with Crippen molar-refractivity contribution in [2.24, 2.45) is 11.7 Å². The zero-order valence-electron chi connectivity index (χ0n) is 13.1. The molecule has 2 N–H and O–H groups in total. The highest BCUT2D eigenvalue weighted by Gasteiger charge is 2.25. The van der Waals surface area contributed by atoms with Crippen LogP contribution in [0.2, 0.25) is 0 Å². The van der Waals surface area contributed by atoms with E-state index in [0.29, 0.717) is 31.8 Å². The van der Waals surface area contributed by atoms with Crippen LogP contribution in [0, 0.1) is 5.92 Å². The lowest BCUT2D eigenvalue weighted by Crippen LogP contribution is -2.42. The molecule has 0 bridgehead atoms. The van der Waals surface area contributed by atoms with Gasteiger partial charge in [-0.05, 0) is 39.5 Å². The third-order valence-electron chi connectivity index (χ3n) is 4.30. The van der Waals surface area contributed by atoms with Crippen LogP contribution in [0.1, 0.15) is 46.5 Å². The summed E-state index contributed by atoms with van der Waals surface area (Å²) in [5.74, 6) is 0.707. The van der Waals surface area contributed by atoms with E-state index in [2.05, 4.69) is 0 Å². The topological polar surface area (TPSA) is 66.6 Å². The van der Waals surface area contributed by atoms with Gasteiger partial charge < -0.3 is 15.5 Å². The monoisotopic (exact) mass is 283 g/mol. The van der Waals surface area contributed by atoms with Gasteiger partial charge in [0.2, 0.25) is 11.8 Å². The van der Waals surface area contributed by atoms with Gasteiger partial charge in [-0.2, -0.15) is 0 Å². The zero-order valence-corrected chi connectivity index (χ0v) is 13.1. The molecule has 1 unspecified atom stereocenters. The van der Waals surface area contributed by atoms with Gasteiger partial charge in [0.1, 0.15) is 0 Å². The molecule has 5 heteroatoms. The van der Waals surface area contributed by atoms with Gasteiger partial charge in [-0.15, -0.1) is 0 Å². The molecule has 0 aromatic rings. The van der Waals surface area contributed by atoms with E-state index in [1.54, 1.807) is 4.90 Å². The molecule has 2 amide bonds. The van der Waals surface area contributed by atoms with E-state index in [1.165, 1.54) is 0 Å². The van der Waals surface area contributed by atoms with Crippen molar-refractivity contribution in [3.8, 4) is 0 Å². The second-order valence-electron chi connectivity index (χ2n) is 5.64. The third-order valence-corrected chi connectivity index (χ3v) is 4.30. The van der Waals surface area contributed by atoms with Crippen molar-refractivity contribution in [2.75, 3.05) is 26.2 Å². The summed E-state index contributed by atoms with van der Waals surface area (Å²) < 4.78 is 0. The Morgan fingerprint density at radius 1 is 1.20 bits per heavy atom. The minimum atomic E-state index is 0.0776. The fraction of sp³-hybridized carbons (Fsp3) is 0.867. The molecule has 0 aliphatic carbocycles. The van der Waals surface area contributed by atoms with Gasteiger partial charge >= 0.3 is 0 Å². The van der Waals surface area contributed by atoms with Crippen LogP contribution < -0.4 is 5.73 Å². The number of hydrogen-bond acceptors (Lipinski definition) is 3. The van der Waals surface area contributed by atoms with E-state index in [0.717, 1.165) is 25.9 Å². The minimum Gasteiger partial charge on any atom is -0.343 e. The quantitative estimate of drug-likeness (QED) is 0.797. The molecule has 0 saturated carbocycles. The van der Waals surface area contributed by atoms with E-state index in [9.17, 15) is 9.59 Å². The molecule has 0 aromatic heterocycles. The molecular formula is C15H29N3O2. The van der Waals surface area contributed by atoms with Crippen LogP contribution in [-0.2, 0) is 9.59 Å². The Morgan fingerprint density at radius 2 is 1.75 bits per heavy atom. The molecule has 1 heterocycles. The van der Waals surface area contributed by atoms with Crippen molar-refractivity contribution >= 4 is 11.8 Å². The maximum absolute atomic E-state index is 12.1. The molecule has 1 aliphatic heterocycles. The minimum absolute atomic E-state index is 0.0776. The molecule has 1 rings (SSSR count). The van der Waals surface area contributed by atoms with Crippen LogP contribution in [0.4, 0.5) is 0 Å². The largest absolute Gasteiger partial charge is 0.343 e. The van der Waals surface area contributed by atoms with Gasteiger partial charge in [0.15, 0.2) is 0 Å². The average Bonchev–Trinajstić information content (AvgIpc) is 2.46. The highest BCUT2D eigenvalue weighted by Crippen LogP contribution is 2.20. The Kier molecular flexibility index (Phi) is 6.99. The summed E-state index contributed by atoms with van der Waals surface area (Å²) in [5, 5.41) is 0. The van der Waals surface area contributed by atoms with E-state index >= 15 is 0 Å². The maximum Gasteiger partial charge on any atom is 0.223 e. The summed E-state index contributed by atoms with van der Waals surface area (Å²) >= 11 is 0. The van der Waals surface area contributed by atoms with Gasteiger partial charge in [0.25, 0.3) is 0 Å². The summed E-state index contributed by atoms with van der Waals surface area (Å²) in [5.41, 5.74) is 5.90. The average molecular weight is 283 g/mol. The molecule has 116 valence electrons. The summed E-state index contributed by atoms with van der Waals surface area (Å²) in [6, 6.07) is 0.205. The summed E-state index contributed by atoms with van der Waals surface area (Å²) in [6.07, 6.45) is 2.62. The number of nitrogens with zero attached hydrogens (tertiary/aromatic N) is 2. The van der Waals surface area contributed by atoms with Crippen LogP contribution >= 0.6 is 0 Å². The molecule has 0 spiro atoms. The Balaban J connectivity index is 2.32. The van der Waals surface area contributed by atoms with Gasteiger partial charge in [-0.1, -0.05) is 0 Å². The van der Waals surface area contributed by atoms with Crippen molar-refractivity contribution in [3.63, 3.8) is 0 Å². The molecule has 1 atom stereocenters. The Bertz CT molecular complexity index is 319. The Morgan fingerprint density at radius 3 is 2.20 bits per heavy atom. The van der Waals surface area contributed by atoms with Crippen LogP contribution in [-0.4, -0.2) is 53.8 Å². The summed E-state index contributed by atoms with van der Waals surface area (Å²) in [7, 11) is 0. The van der Waals surface area contributed by atoms with Crippen LogP contribution in [0.3, 0.4) is 0 Å². The van der Waals surface area contributed by atoms with E-state index in [-0.39, 0.29) is 17.9 Å². The number of hydrogen-bond donors (Lipinski definition) is 1. The van der Waals surface area contributed by atoms with E-state index in [1.807, 2.05) is 25.7 Å². The van der Waals surface area contributed by atoms with E-state index in [4.69, 9.17) is 5.73 Å². The standard InChI is InChI=1S/C15H29N3O2/c1-4-17(5-2)14(19)6-7-15(20)18-10-8-13(9-11-18)12(3)16/h12-13H,4-11,16H2,1-3H3. The highest BCUT2D eigenvalue weighted by molar-refractivity contribution is 5.83. The summed E-state index contributed by atoms with van der Waals surface area (Å²) in [4.78, 5) is 27.6. The number of amides is 2. The lowest BCUT2D eigenvalue weighted by atomic mass is 9.91. The number of carbonyl (C=O) groups excluding carboxylic acids is 2. The molecule has 5 nitrogen and oxygen atoms in total. The first-order chi connectivity index (χ1) is 9.49.